The van der Waals surface area contributed by atoms with Crippen molar-refractivity contribution in [2.75, 3.05) is 11.9 Å². The molecule has 5 heteroatoms. The lowest BCUT2D eigenvalue weighted by Crippen LogP contribution is -2.41. The van der Waals surface area contributed by atoms with Crippen molar-refractivity contribution in [1.29, 1.82) is 0 Å². The minimum Gasteiger partial charge on any atom is -0.329 e. The molecule has 1 rings (SSSR count). The fourth-order valence-electron chi connectivity index (χ4n) is 1.82. The summed E-state index contributed by atoms with van der Waals surface area (Å²) >= 11 is 12.0. The molecular weight excluding hydrogens is 271 g/mol. The fourth-order valence-corrected chi connectivity index (χ4v) is 2.31. The van der Waals surface area contributed by atoms with Gasteiger partial charge < -0.3 is 11.1 Å². The molecule has 18 heavy (non-hydrogen) atoms. The summed E-state index contributed by atoms with van der Waals surface area (Å²) in [6.07, 6.45) is 1.35. The van der Waals surface area contributed by atoms with Gasteiger partial charge in [-0.25, -0.2) is 0 Å². The van der Waals surface area contributed by atoms with Crippen molar-refractivity contribution in [3.05, 3.63) is 28.2 Å². The first kappa shape index (κ1) is 15.3. The number of carbonyl (C=O) groups is 1. The van der Waals surface area contributed by atoms with Gasteiger partial charge in [0.2, 0.25) is 5.91 Å². The molecule has 0 bridgehead atoms. The summed E-state index contributed by atoms with van der Waals surface area (Å²) in [5, 5.41) is 3.64. The number of carbonyl (C=O) groups excluding carboxylic acids is 1. The maximum Gasteiger partial charge on any atom is 0.231 e. The van der Waals surface area contributed by atoms with Crippen LogP contribution >= 0.6 is 23.2 Å². The standard InChI is InChI=1S/C13H18Cl2N2O/c1-3-13(4-2,8-16)12(18)17-11-9(14)6-5-7-10(11)15/h5-7H,3-4,8,16H2,1-2H3,(H,17,18). The van der Waals surface area contributed by atoms with Crippen LogP contribution in [0.5, 0.6) is 0 Å². The van der Waals surface area contributed by atoms with Crippen molar-refractivity contribution in [2.24, 2.45) is 11.1 Å². The Kier molecular flexibility index (Phi) is 5.45. The van der Waals surface area contributed by atoms with Gasteiger partial charge in [-0.15, -0.1) is 0 Å². The van der Waals surface area contributed by atoms with Crippen molar-refractivity contribution in [1.82, 2.24) is 0 Å². The molecule has 0 radical (unpaired) electrons. The third-order valence-corrected chi connectivity index (χ3v) is 4.06. The summed E-state index contributed by atoms with van der Waals surface area (Å²) in [5.74, 6) is -0.134. The second-order valence-corrected chi connectivity index (χ2v) is 5.06. The van der Waals surface area contributed by atoms with Gasteiger partial charge in [0.15, 0.2) is 0 Å². The Morgan fingerprint density at radius 3 is 2.17 bits per heavy atom. The Balaban J connectivity index is 3.00. The van der Waals surface area contributed by atoms with E-state index in [1.807, 2.05) is 13.8 Å². The molecule has 0 saturated carbocycles. The molecule has 100 valence electrons. The highest BCUT2D eigenvalue weighted by atomic mass is 35.5. The van der Waals surface area contributed by atoms with Gasteiger partial charge in [0, 0.05) is 6.54 Å². The summed E-state index contributed by atoms with van der Waals surface area (Å²) in [7, 11) is 0. The van der Waals surface area contributed by atoms with Gasteiger partial charge in [0.25, 0.3) is 0 Å². The van der Waals surface area contributed by atoms with Crippen LogP contribution in [-0.4, -0.2) is 12.5 Å². The fraction of sp³-hybridized carbons (Fsp3) is 0.462. The van der Waals surface area contributed by atoms with Crippen LogP contribution in [0, 0.1) is 5.41 Å². The van der Waals surface area contributed by atoms with Gasteiger partial charge in [-0.3, -0.25) is 4.79 Å². The van der Waals surface area contributed by atoms with Crippen molar-refractivity contribution >= 4 is 34.8 Å². The Labute approximate surface area is 118 Å². The summed E-state index contributed by atoms with van der Waals surface area (Å²) in [5.41, 5.74) is 5.62. The minimum absolute atomic E-state index is 0.134. The number of para-hydroxylation sites is 1. The number of nitrogens with two attached hydrogens (primary N) is 1. The van der Waals surface area contributed by atoms with E-state index in [-0.39, 0.29) is 5.91 Å². The third kappa shape index (κ3) is 2.97. The Hall–Kier alpha value is -0.770. The highest BCUT2D eigenvalue weighted by Gasteiger charge is 2.33. The zero-order chi connectivity index (χ0) is 13.8. The number of amides is 1. The normalized spacial score (nSPS) is 11.4. The number of benzene rings is 1. The largest absolute Gasteiger partial charge is 0.329 e. The number of halogens is 2. The van der Waals surface area contributed by atoms with E-state index in [4.69, 9.17) is 28.9 Å². The highest BCUT2D eigenvalue weighted by molar-refractivity contribution is 6.39. The Bertz CT molecular complexity index is 402. The summed E-state index contributed by atoms with van der Waals surface area (Å²) in [4.78, 5) is 12.3. The number of anilines is 1. The molecular formula is C13H18Cl2N2O. The van der Waals surface area contributed by atoms with Crippen LogP contribution in [-0.2, 0) is 4.79 Å². The monoisotopic (exact) mass is 288 g/mol. The molecule has 0 saturated heterocycles. The van der Waals surface area contributed by atoms with Gasteiger partial charge in [0.05, 0.1) is 21.1 Å². The number of nitrogens with one attached hydrogen (secondary N) is 1. The van der Waals surface area contributed by atoms with E-state index in [2.05, 4.69) is 5.32 Å². The van der Waals surface area contributed by atoms with Crippen LogP contribution in [0.1, 0.15) is 26.7 Å². The quantitative estimate of drug-likeness (QED) is 0.868. The predicted molar refractivity (Wildman–Crippen MR) is 77.2 cm³/mol. The zero-order valence-corrected chi connectivity index (χ0v) is 12.1. The molecule has 0 aliphatic heterocycles. The van der Waals surface area contributed by atoms with Crippen LogP contribution in [0.4, 0.5) is 5.69 Å². The van der Waals surface area contributed by atoms with Gasteiger partial charge in [-0.1, -0.05) is 43.1 Å². The summed E-state index contributed by atoms with van der Waals surface area (Å²) < 4.78 is 0. The molecule has 3 N–H and O–H groups in total. The van der Waals surface area contributed by atoms with Gasteiger partial charge in [-0.05, 0) is 25.0 Å². The lowest BCUT2D eigenvalue weighted by atomic mass is 9.81. The van der Waals surface area contributed by atoms with E-state index in [1.54, 1.807) is 18.2 Å². The van der Waals surface area contributed by atoms with E-state index in [9.17, 15) is 4.79 Å². The molecule has 1 aromatic carbocycles. The second kappa shape index (κ2) is 6.41. The van der Waals surface area contributed by atoms with Gasteiger partial charge in [0.1, 0.15) is 0 Å². The van der Waals surface area contributed by atoms with E-state index >= 15 is 0 Å². The van der Waals surface area contributed by atoms with Crippen molar-refractivity contribution < 1.29 is 4.79 Å². The zero-order valence-electron chi connectivity index (χ0n) is 10.6. The van der Waals surface area contributed by atoms with E-state index in [0.717, 1.165) is 0 Å². The molecule has 0 heterocycles. The van der Waals surface area contributed by atoms with Crippen molar-refractivity contribution in [3.8, 4) is 0 Å². The molecule has 0 aliphatic rings. The highest BCUT2D eigenvalue weighted by Crippen LogP contribution is 2.33. The molecule has 1 amide bonds. The van der Waals surface area contributed by atoms with Crippen LogP contribution in [0.15, 0.2) is 18.2 Å². The first-order chi connectivity index (χ1) is 8.50. The molecule has 1 aromatic rings. The van der Waals surface area contributed by atoms with Crippen LogP contribution in [0.3, 0.4) is 0 Å². The number of hydrogen-bond donors (Lipinski definition) is 2. The van der Waals surface area contributed by atoms with Crippen molar-refractivity contribution in [2.45, 2.75) is 26.7 Å². The summed E-state index contributed by atoms with van der Waals surface area (Å²) in [6.45, 7) is 4.20. The first-order valence-electron chi connectivity index (χ1n) is 5.96. The second-order valence-electron chi connectivity index (χ2n) is 4.24. The minimum atomic E-state index is -0.567. The average molecular weight is 289 g/mol. The molecule has 0 spiro atoms. The maximum absolute atomic E-state index is 12.3. The Morgan fingerprint density at radius 2 is 1.78 bits per heavy atom. The predicted octanol–water partition coefficient (Wildman–Crippen LogP) is 3.70. The van der Waals surface area contributed by atoms with Crippen LogP contribution in [0.25, 0.3) is 0 Å². The van der Waals surface area contributed by atoms with Crippen LogP contribution < -0.4 is 11.1 Å². The van der Waals surface area contributed by atoms with Crippen LogP contribution in [0.2, 0.25) is 10.0 Å². The molecule has 0 aliphatic carbocycles. The topological polar surface area (TPSA) is 55.1 Å². The maximum atomic E-state index is 12.3. The number of hydrogen-bond acceptors (Lipinski definition) is 2. The van der Waals surface area contributed by atoms with E-state index in [1.165, 1.54) is 0 Å². The Morgan fingerprint density at radius 1 is 1.28 bits per heavy atom. The van der Waals surface area contributed by atoms with Gasteiger partial charge in [-0.2, -0.15) is 0 Å². The SMILES string of the molecule is CCC(CC)(CN)C(=O)Nc1c(Cl)cccc1Cl. The third-order valence-electron chi connectivity index (χ3n) is 3.43. The van der Waals surface area contributed by atoms with Crippen molar-refractivity contribution in [3.63, 3.8) is 0 Å². The molecule has 0 atom stereocenters. The molecule has 0 aromatic heterocycles. The molecule has 3 nitrogen and oxygen atoms in total. The lowest BCUT2D eigenvalue weighted by molar-refractivity contribution is -0.125. The lowest BCUT2D eigenvalue weighted by Gasteiger charge is -2.28. The van der Waals surface area contributed by atoms with Gasteiger partial charge >= 0.3 is 0 Å². The summed E-state index contributed by atoms with van der Waals surface area (Å²) in [6, 6.07) is 5.10. The average Bonchev–Trinajstić information content (AvgIpc) is 2.37. The number of rotatable bonds is 5. The van der Waals surface area contributed by atoms with E-state index < -0.39 is 5.41 Å². The smallest absolute Gasteiger partial charge is 0.231 e. The molecule has 0 unspecified atom stereocenters. The first-order valence-corrected chi connectivity index (χ1v) is 6.72. The molecule has 0 fully saturated rings. The van der Waals surface area contributed by atoms with E-state index in [0.29, 0.717) is 35.1 Å².